The molecule has 2 N–H and O–H groups in total. The zero-order chi connectivity index (χ0) is 13.3. The van der Waals surface area contributed by atoms with E-state index in [1.165, 1.54) is 11.1 Å². The summed E-state index contributed by atoms with van der Waals surface area (Å²) in [5, 5.41) is 4.41. The van der Waals surface area contributed by atoms with Gasteiger partial charge in [-0.25, -0.2) is 4.68 Å². The number of aromatic nitrogens is 2. The van der Waals surface area contributed by atoms with E-state index < -0.39 is 0 Å². The van der Waals surface area contributed by atoms with Crippen molar-refractivity contribution in [1.29, 1.82) is 0 Å². The molecule has 18 heavy (non-hydrogen) atoms. The van der Waals surface area contributed by atoms with E-state index in [4.69, 9.17) is 5.73 Å². The van der Waals surface area contributed by atoms with Gasteiger partial charge in [-0.05, 0) is 39.9 Å². The minimum atomic E-state index is 0.560. The van der Waals surface area contributed by atoms with E-state index in [2.05, 4.69) is 59.1 Å². The van der Waals surface area contributed by atoms with Crippen molar-refractivity contribution < 1.29 is 0 Å². The minimum absolute atomic E-state index is 0.560. The molecule has 0 amide bonds. The molecule has 0 unspecified atom stereocenters. The van der Waals surface area contributed by atoms with E-state index >= 15 is 0 Å². The summed E-state index contributed by atoms with van der Waals surface area (Å²) in [6.45, 7) is 7.04. The summed E-state index contributed by atoms with van der Waals surface area (Å²) >= 11 is 3.44. The maximum absolute atomic E-state index is 5.98. The molecular weight excluding hydrogens is 290 g/mol. The smallest absolute Gasteiger partial charge is 0.136 e. The Morgan fingerprint density at radius 3 is 2.33 bits per heavy atom. The standard InChI is InChI=1S/C14H18BrN3/c1-9(2)12-6-4-11(5-7-12)8-18-14(16)13(15)10(3)17-18/h4-7,9H,8,16H2,1-3H3. The van der Waals surface area contributed by atoms with Gasteiger partial charge in [-0.3, -0.25) is 0 Å². The van der Waals surface area contributed by atoms with Crippen molar-refractivity contribution in [2.75, 3.05) is 5.73 Å². The minimum Gasteiger partial charge on any atom is -0.383 e. The van der Waals surface area contributed by atoms with Crippen molar-refractivity contribution in [3.05, 3.63) is 45.6 Å². The lowest BCUT2D eigenvalue weighted by Crippen LogP contribution is -2.06. The molecule has 0 aliphatic heterocycles. The number of anilines is 1. The highest BCUT2D eigenvalue weighted by Crippen LogP contribution is 2.24. The van der Waals surface area contributed by atoms with E-state index in [0.29, 0.717) is 18.3 Å². The number of halogens is 1. The number of rotatable bonds is 3. The lowest BCUT2D eigenvalue weighted by molar-refractivity contribution is 0.688. The van der Waals surface area contributed by atoms with Crippen molar-refractivity contribution >= 4 is 21.7 Å². The third-order valence-electron chi connectivity index (χ3n) is 3.07. The Morgan fingerprint density at radius 1 is 1.28 bits per heavy atom. The Morgan fingerprint density at radius 2 is 1.89 bits per heavy atom. The van der Waals surface area contributed by atoms with Crippen LogP contribution in [0.4, 0.5) is 5.82 Å². The van der Waals surface area contributed by atoms with E-state index in [-0.39, 0.29) is 0 Å². The molecule has 0 aliphatic carbocycles. The first-order chi connectivity index (χ1) is 8.49. The largest absolute Gasteiger partial charge is 0.383 e. The van der Waals surface area contributed by atoms with Crippen molar-refractivity contribution in [1.82, 2.24) is 9.78 Å². The lowest BCUT2D eigenvalue weighted by atomic mass is 10.0. The molecule has 0 atom stereocenters. The van der Waals surface area contributed by atoms with E-state index in [9.17, 15) is 0 Å². The normalized spacial score (nSPS) is 11.2. The molecule has 4 heteroatoms. The molecule has 1 aromatic heterocycles. The van der Waals surface area contributed by atoms with Crippen LogP contribution in [-0.4, -0.2) is 9.78 Å². The summed E-state index contributed by atoms with van der Waals surface area (Å²) in [6.07, 6.45) is 0. The zero-order valence-electron chi connectivity index (χ0n) is 10.9. The molecule has 1 aromatic carbocycles. The van der Waals surface area contributed by atoms with Gasteiger partial charge in [-0.1, -0.05) is 38.1 Å². The third kappa shape index (κ3) is 2.58. The van der Waals surface area contributed by atoms with Gasteiger partial charge in [-0.2, -0.15) is 5.10 Å². The van der Waals surface area contributed by atoms with E-state index in [0.717, 1.165) is 10.2 Å². The second-order valence-corrected chi connectivity index (χ2v) is 5.63. The fourth-order valence-electron chi connectivity index (χ4n) is 1.88. The number of hydrogen-bond donors (Lipinski definition) is 1. The Bertz CT molecular complexity index is 541. The maximum atomic E-state index is 5.98. The number of nitrogens with two attached hydrogens (primary N) is 1. The van der Waals surface area contributed by atoms with Crippen LogP contribution in [0.1, 0.15) is 36.6 Å². The summed E-state index contributed by atoms with van der Waals surface area (Å²) in [5.41, 5.74) is 9.47. The SMILES string of the molecule is Cc1nn(Cc2ccc(C(C)C)cc2)c(N)c1Br. The monoisotopic (exact) mass is 307 g/mol. The molecule has 0 saturated heterocycles. The summed E-state index contributed by atoms with van der Waals surface area (Å²) in [6, 6.07) is 8.61. The van der Waals surface area contributed by atoms with Crippen LogP contribution in [0.15, 0.2) is 28.7 Å². The molecule has 0 bridgehead atoms. The second kappa shape index (κ2) is 5.14. The van der Waals surface area contributed by atoms with Gasteiger partial charge in [0.05, 0.1) is 16.7 Å². The molecule has 0 aliphatic rings. The molecule has 2 rings (SSSR count). The van der Waals surface area contributed by atoms with Gasteiger partial charge >= 0.3 is 0 Å². The summed E-state index contributed by atoms with van der Waals surface area (Å²) in [4.78, 5) is 0. The van der Waals surface area contributed by atoms with Crippen molar-refractivity contribution in [3.63, 3.8) is 0 Å². The van der Waals surface area contributed by atoms with Crippen LogP contribution in [0.3, 0.4) is 0 Å². The molecule has 1 heterocycles. The van der Waals surface area contributed by atoms with Gasteiger partial charge in [0.1, 0.15) is 5.82 Å². The third-order valence-corrected chi connectivity index (χ3v) is 4.05. The van der Waals surface area contributed by atoms with Gasteiger partial charge in [0.2, 0.25) is 0 Å². The van der Waals surface area contributed by atoms with Crippen molar-refractivity contribution in [3.8, 4) is 0 Å². The lowest BCUT2D eigenvalue weighted by Gasteiger charge is -2.08. The number of nitrogens with zero attached hydrogens (tertiary/aromatic N) is 2. The topological polar surface area (TPSA) is 43.8 Å². The number of hydrogen-bond acceptors (Lipinski definition) is 2. The van der Waals surface area contributed by atoms with Gasteiger partial charge in [0.25, 0.3) is 0 Å². The molecule has 0 saturated carbocycles. The molecule has 0 fully saturated rings. The zero-order valence-corrected chi connectivity index (χ0v) is 12.5. The molecule has 0 spiro atoms. The molecule has 0 radical (unpaired) electrons. The molecule has 96 valence electrons. The Kier molecular flexibility index (Phi) is 3.76. The first-order valence-corrected chi connectivity index (χ1v) is 6.85. The first kappa shape index (κ1) is 13.1. The summed E-state index contributed by atoms with van der Waals surface area (Å²) in [5.74, 6) is 1.24. The summed E-state index contributed by atoms with van der Waals surface area (Å²) in [7, 11) is 0. The van der Waals surface area contributed by atoms with Crippen molar-refractivity contribution in [2.45, 2.75) is 33.2 Å². The van der Waals surface area contributed by atoms with Crippen LogP contribution in [0.2, 0.25) is 0 Å². The fourth-order valence-corrected chi connectivity index (χ4v) is 2.16. The van der Waals surface area contributed by atoms with Gasteiger partial charge in [-0.15, -0.1) is 0 Å². The second-order valence-electron chi connectivity index (χ2n) is 4.84. The molecule has 2 aromatic rings. The highest BCUT2D eigenvalue weighted by molar-refractivity contribution is 9.10. The van der Waals surface area contributed by atoms with Crippen LogP contribution in [-0.2, 0) is 6.54 Å². The van der Waals surface area contributed by atoms with Crippen LogP contribution >= 0.6 is 15.9 Å². The average Bonchev–Trinajstić information content (AvgIpc) is 2.58. The quantitative estimate of drug-likeness (QED) is 0.939. The Balaban J connectivity index is 2.21. The van der Waals surface area contributed by atoms with Crippen LogP contribution < -0.4 is 5.73 Å². The van der Waals surface area contributed by atoms with E-state index in [1.54, 1.807) is 0 Å². The van der Waals surface area contributed by atoms with Crippen molar-refractivity contribution in [2.24, 2.45) is 0 Å². The van der Waals surface area contributed by atoms with Gasteiger partial charge in [0, 0.05) is 0 Å². The number of nitrogen functional groups attached to an aromatic ring is 1. The predicted molar refractivity (Wildman–Crippen MR) is 78.7 cm³/mol. The highest BCUT2D eigenvalue weighted by Gasteiger charge is 2.09. The summed E-state index contributed by atoms with van der Waals surface area (Å²) < 4.78 is 2.71. The number of aryl methyl sites for hydroxylation is 1. The van der Waals surface area contributed by atoms with Crippen LogP contribution in [0, 0.1) is 6.92 Å². The molecular formula is C14H18BrN3. The maximum Gasteiger partial charge on any atom is 0.136 e. The fraction of sp³-hybridized carbons (Fsp3) is 0.357. The number of benzene rings is 1. The predicted octanol–water partition coefficient (Wildman–Crippen LogP) is 3.71. The van der Waals surface area contributed by atoms with Gasteiger partial charge < -0.3 is 5.73 Å². The Hall–Kier alpha value is -1.29. The molecule has 3 nitrogen and oxygen atoms in total. The average molecular weight is 308 g/mol. The first-order valence-electron chi connectivity index (χ1n) is 6.06. The van der Waals surface area contributed by atoms with Crippen LogP contribution in [0.25, 0.3) is 0 Å². The van der Waals surface area contributed by atoms with Crippen LogP contribution in [0.5, 0.6) is 0 Å². The van der Waals surface area contributed by atoms with Gasteiger partial charge in [0.15, 0.2) is 0 Å². The highest BCUT2D eigenvalue weighted by atomic mass is 79.9. The van der Waals surface area contributed by atoms with E-state index in [1.807, 2.05) is 11.6 Å². The Labute approximate surface area is 116 Å².